The Labute approximate surface area is 247 Å². The van der Waals surface area contributed by atoms with E-state index in [4.69, 9.17) is 9.47 Å². The fourth-order valence-corrected chi connectivity index (χ4v) is 4.54. The van der Waals surface area contributed by atoms with Gasteiger partial charge in [-0.2, -0.15) is 0 Å². The smallest absolute Gasteiger partial charge is 0.408 e. The van der Waals surface area contributed by atoms with Gasteiger partial charge < -0.3 is 30.1 Å². The van der Waals surface area contributed by atoms with E-state index in [2.05, 4.69) is 10.6 Å². The first-order valence-electron chi connectivity index (χ1n) is 14.3. The summed E-state index contributed by atoms with van der Waals surface area (Å²) < 4.78 is 10.9. The van der Waals surface area contributed by atoms with E-state index in [9.17, 15) is 24.3 Å². The fraction of sp³-hybridized carbons (Fsp3) is 0.500. The summed E-state index contributed by atoms with van der Waals surface area (Å²) >= 11 is 0. The summed E-state index contributed by atoms with van der Waals surface area (Å²) in [7, 11) is 0. The lowest BCUT2D eigenvalue weighted by molar-refractivity contribution is -0.159. The van der Waals surface area contributed by atoms with E-state index in [1.807, 2.05) is 30.3 Å². The Morgan fingerprint density at radius 2 is 1.50 bits per heavy atom. The summed E-state index contributed by atoms with van der Waals surface area (Å²) in [4.78, 5) is 54.8. The van der Waals surface area contributed by atoms with E-state index in [0.29, 0.717) is 18.4 Å². The summed E-state index contributed by atoms with van der Waals surface area (Å²) in [5.74, 6) is -1.65. The standard InChI is InChI=1S/C32H43N3O7/c1-31(2,3)41-29(39)25(19-21-11-8-7-9-12-21)34-28(38)27(22-15-17-24(36)18-16-22)35(23-13-10-14-23)26(37)20-33-30(40)42-32(4,5)6/h7-9,11-12,15-18,23,25,27,36H,10,13-14,19-20H2,1-6H3,(H,33,40)(H,34,38). The third-order valence-electron chi connectivity index (χ3n) is 6.56. The first-order chi connectivity index (χ1) is 19.6. The van der Waals surface area contributed by atoms with Crippen LogP contribution in [-0.2, 0) is 30.3 Å². The van der Waals surface area contributed by atoms with Crippen molar-refractivity contribution >= 4 is 23.9 Å². The number of carbonyl (C=O) groups excluding carboxylic acids is 4. The van der Waals surface area contributed by atoms with Crippen molar-refractivity contribution < 1.29 is 33.8 Å². The molecule has 42 heavy (non-hydrogen) atoms. The number of nitrogens with one attached hydrogen (secondary N) is 2. The zero-order chi connectivity index (χ0) is 31.1. The molecule has 2 unspecified atom stereocenters. The van der Waals surface area contributed by atoms with E-state index in [1.165, 1.54) is 17.0 Å². The summed E-state index contributed by atoms with van der Waals surface area (Å²) in [6, 6.07) is 12.9. The number of ether oxygens (including phenoxy) is 2. The Morgan fingerprint density at radius 3 is 2.02 bits per heavy atom. The minimum absolute atomic E-state index is 0.00160. The Hall–Kier alpha value is -4.08. The van der Waals surface area contributed by atoms with Crippen molar-refractivity contribution in [2.75, 3.05) is 6.54 Å². The molecule has 0 heterocycles. The Kier molecular flexibility index (Phi) is 10.6. The first-order valence-corrected chi connectivity index (χ1v) is 14.3. The lowest BCUT2D eigenvalue weighted by Crippen LogP contribution is -2.56. The molecule has 2 aromatic carbocycles. The second-order valence-electron chi connectivity index (χ2n) is 12.5. The van der Waals surface area contributed by atoms with Crippen LogP contribution < -0.4 is 10.6 Å². The van der Waals surface area contributed by atoms with Crippen LogP contribution >= 0.6 is 0 Å². The maximum Gasteiger partial charge on any atom is 0.408 e. The molecule has 1 fully saturated rings. The van der Waals surface area contributed by atoms with E-state index in [0.717, 1.165) is 12.0 Å². The molecule has 2 atom stereocenters. The first kappa shape index (κ1) is 32.4. The van der Waals surface area contributed by atoms with Gasteiger partial charge in [0.25, 0.3) is 0 Å². The van der Waals surface area contributed by atoms with Crippen molar-refractivity contribution in [3.8, 4) is 5.75 Å². The zero-order valence-electron chi connectivity index (χ0n) is 25.3. The lowest BCUT2D eigenvalue weighted by atomic mass is 9.88. The van der Waals surface area contributed by atoms with Crippen LogP contribution in [0.4, 0.5) is 4.79 Å². The molecule has 0 saturated heterocycles. The number of rotatable bonds is 10. The van der Waals surface area contributed by atoms with Crippen molar-refractivity contribution in [1.82, 2.24) is 15.5 Å². The summed E-state index contributed by atoms with van der Waals surface area (Å²) in [5, 5.41) is 15.3. The quantitative estimate of drug-likeness (QED) is 0.354. The number of benzene rings is 2. The third-order valence-corrected chi connectivity index (χ3v) is 6.56. The van der Waals surface area contributed by atoms with E-state index >= 15 is 0 Å². The van der Waals surface area contributed by atoms with Gasteiger partial charge in [0.05, 0.1) is 0 Å². The Morgan fingerprint density at radius 1 is 0.905 bits per heavy atom. The molecule has 228 valence electrons. The molecular weight excluding hydrogens is 538 g/mol. The normalized spacial score (nSPS) is 15.0. The van der Waals surface area contributed by atoms with Crippen molar-refractivity contribution in [2.45, 2.75) is 96.6 Å². The van der Waals surface area contributed by atoms with Gasteiger partial charge in [-0.25, -0.2) is 9.59 Å². The predicted octanol–water partition coefficient (Wildman–Crippen LogP) is 4.41. The minimum Gasteiger partial charge on any atom is -0.508 e. The van der Waals surface area contributed by atoms with Crippen molar-refractivity contribution in [2.24, 2.45) is 0 Å². The number of phenolic OH excluding ortho intramolecular Hbond substituents is 1. The minimum atomic E-state index is -1.13. The zero-order valence-corrected chi connectivity index (χ0v) is 25.3. The number of phenols is 1. The molecule has 0 aromatic heterocycles. The number of hydrogen-bond acceptors (Lipinski definition) is 7. The highest BCUT2D eigenvalue weighted by molar-refractivity contribution is 5.93. The van der Waals surface area contributed by atoms with Gasteiger partial charge >= 0.3 is 12.1 Å². The molecule has 1 saturated carbocycles. The molecule has 2 aromatic rings. The Bertz CT molecular complexity index is 1230. The maximum absolute atomic E-state index is 14.1. The van der Waals surface area contributed by atoms with Gasteiger partial charge in [0.15, 0.2) is 0 Å². The molecule has 10 heteroatoms. The number of carbonyl (C=O) groups is 4. The number of amides is 3. The highest BCUT2D eigenvalue weighted by atomic mass is 16.6. The van der Waals surface area contributed by atoms with Gasteiger partial charge in [-0.05, 0) is 84.1 Å². The van der Waals surface area contributed by atoms with Gasteiger partial charge in [-0.1, -0.05) is 42.5 Å². The van der Waals surface area contributed by atoms with Crippen LogP contribution in [0.3, 0.4) is 0 Å². The molecule has 1 aliphatic rings. The second kappa shape index (κ2) is 13.7. The molecule has 1 aliphatic carbocycles. The SMILES string of the molecule is CC(C)(C)OC(=O)NCC(=O)N(C1CCC1)C(C(=O)NC(Cc1ccccc1)C(=O)OC(C)(C)C)c1ccc(O)cc1. The molecule has 0 aliphatic heterocycles. The molecular formula is C32H43N3O7. The van der Waals surface area contributed by atoms with Gasteiger partial charge in [0.1, 0.15) is 35.6 Å². The van der Waals surface area contributed by atoms with Crippen molar-refractivity contribution in [3.63, 3.8) is 0 Å². The summed E-state index contributed by atoms with van der Waals surface area (Å²) in [5.41, 5.74) is -0.257. The highest BCUT2D eigenvalue weighted by Crippen LogP contribution is 2.34. The number of alkyl carbamates (subject to hydrolysis) is 1. The summed E-state index contributed by atoms with van der Waals surface area (Å²) in [6.07, 6.45) is 1.68. The van der Waals surface area contributed by atoms with Crippen LogP contribution in [0.2, 0.25) is 0 Å². The molecule has 3 rings (SSSR count). The summed E-state index contributed by atoms with van der Waals surface area (Å²) in [6.45, 7) is 10.0. The lowest BCUT2D eigenvalue weighted by Gasteiger charge is -2.42. The van der Waals surface area contributed by atoms with Gasteiger partial charge in [0.2, 0.25) is 11.8 Å². The van der Waals surface area contributed by atoms with E-state index in [-0.39, 0.29) is 24.8 Å². The average Bonchev–Trinajstić information content (AvgIpc) is 2.85. The number of hydrogen-bond donors (Lipinski definition) is 3. The van der Waals surface area contributed by atoms with Gasteiger partial charge in [-0.15, -0.1) is 0 Å². The van der Waals surface area contributed by atoms with Crippen molar-refractivity contribution in [3.05, 3.63) is 65.7 Å². The van der Waals surface area contributed by atoms with Crippen molar-refractivity contribution in [1.29, 1.82) is 0 Å². The largest absolute Gasteiger partial charge is 0.508 e. The van der Waals surface area contributed by atoms with Crippen LogP contribution in [0.25, 0.3) is 0 Å². The van der Waals surface area contributed by atoms with Crippen LogP contribution in [0.1, 0.15) is 78.0 Å². The molecule has 0 radical (unpaired) electrons. The van der Waals surface area contributed by atoms with E-state index < -0.39 is 47.2 Å². The van der Waals surface area contributed by atoms with E-state index in [1.54, 1.807) is 53.7 Å². The monoisotopic (exact) mass is 581 g/mol. The molecule has 0 spiro atoms. The van der Waals surface area contributed by atoms with Crippen LogP contribution in [0.15, 0.2) is 54.6 Å². The van der Waals surface area contributed by atoms with Crippen LogP contribution in [-0.4, -0.2) is 63.7 Å². The second-order valence-corrected chi connectivity index (χ2v) is 12.5. The highest BCUT2D eigenvalue weighted by Gasteiger charge is 2.40. The number of nitrogens with zero attached hydrogens (tertiary/aromatic N) is 1. The van der Waals surface area contributed by atoms with Gasteiger partial charge in [0, 0.05) is 12.5 Å². The Balaban J connectivity index is 1.94. The topological polar surface area (TPSA) is 134 Å². The fourth-order valence-electron chi connectivity index (χ4n) is 4.54. The molecule has 3 N–H and O–H groups in total. The molecule has 10 nitrogen and oxygen atoms in total. The van der Waals surface area contributed by atoms with Gasteiger partial charge in [-0.3, -0.25) is 9.59 Å². The molecule has 3 amide bonds. The number of esters is 1. The average molecular weight is 582 g/mol. The molecule has 0 bridgehead atoms. The maximum atomic E-state index is 14.1. The third kappa shape index (κ3) is 9.78. The number of aromatic hydroxyl groups is 1. The predicted molar refractivity (Wildman–Crippen MR) is 157 cm³/mol. The van der Waals surface area contributed by atoms with Crippen LogP contribution in [0, 0.1) is 0 Å². The van der Waals surface area contributed by atoms with Crippen LogP contribution in [0.5, 0.6) is 5.75 Å².